The van der Waals surface area contributed by atoms with Crippen molar-refractivity contribution in [3.63, 3.8) is 0 Å². The van der Waals surface area contributed by atoms with E-state index >= 15 is 0 Å². The van der Waals surface area contributed by atoms with Crippen molar-refractivity contribution in [3.05, 3.63) is 12.3 Å². The first-order chi connectivity index (χ1) is 5.58. The van der Waals surface area contributed by atoms with Gasteiger partial charge < -0.3 is 4.74 Å². The van der Waals surface area contributed by atoms with Gasteiger partial charge in [0.15, 0.2) is 6.61 Å². The van der Waals surface area contributed by atoms with Crippen molar-refractivity contribution in [1.29, 1.82) is 0 Å². The normalized spacial score (nSPS) is 11.2. The summed E-state index contributed by atoms with van der Waals surface area (Å²) in [5, 5.41) is 9.56. The van der Waals surface area contributed by atoms with Crippen molar-refractivity contribution >= 4 is 0 Å². The van der Waals surface area contributed by atoms with Gasteiger partial charge in [-0.3, -0.25) is 0 Å². The quantitative estimate of drug-likeness (QED) is 0.674. The molecule has 12 heavy (non-hydrogen) atoms. The van der Waals surface area contributed by atoms with Crippen LogP contribution in [0.1, 0.15) is 0 Å². The second-order valence-electron chi connectivity index (χ2n) is 1.86. The zero-order valence-corrected chi connectivity index (χ0v) is 5.75. The van der Waals surface area contributed by atoms with Crippen LogP contribution in [-0.2, 0) is 0 Å². The van der Waals surface area contributed by atoms with Crippen molar-refractivity contribution in [2.75, 3.05) is 6.61 Å². The highest BCUT2D eigenvalue weighted by Crippen LogP contribution is 2.15. The molecule has 0 saturated heterocycles. The molecule has 7 heteroatoms. The minimum atomic E-state index is -4.36. The van der Waals surface area contributed by atoms with Crippen LogP contribution in [0.15, 0.2) is 12.3 Å². The number of alkyl halides is 3. The molecule has 1 aromatic rings. The van der Waals surface area contributed by atoms with E-state index in [2.05, 4.69) is 20.1 Å². The second kappa shape index (κ2) is 3.33. The highest BCUT2D eigenvalue weighted by molar-refractivity contribution is 5.01. The van der Waals surface area contributed by atoms with Crippen molar-refractivity contribution in [2.24, 2.45) is 0 Å². The number of rotatable bonds is 2. The molecule has 0 radical (unpaired) electrons. The Balaban J connectivity index is 2.44. The van der Waals surface area contributed by atoms with E-state index in [9.17, 15) is 13.2 Å². The van der Waals surface area contributed by atoms with Gasteiger partial charge in [0, 0.05) is 6.07 Å². The zero-order chi connectivity index (χ0) is 9.03. The Bertz CT molecular complexity index is 237. The molecule has 66 valence electrons. The first-order valence-corrected chi connectivity index (χ1v) is 2.92. The van der Waals surface area contributed by atoms with E-state index in [1.807, 2.05) is 0 Å². The van der Waals surface area contributed by atoms with Gasteiger partial charge in [-0.1, -0.05) is 5.10 Å². The van der Waals surface area contributed by atoms with Crippen molar-refractivity contribution in [1.82, 2.24) is 15.4 Å². The summed E-state index contributed by atoms with van der Waals surface area (Å²) < 4.78 is 38.9. The molecule has 0 spiro atoms. The van der Waals surface area contributed by atoms with Crippen LogP contribution in [0.5, 0.6) is 5.88 Å². The Morgan fingerprint density at radius 1 is 1.42 bits per heavy atom. The molecule has 0 N–H and O–H groups in total. The minimum absolute atomic E-state index is 0.192. The van der Waals surface area contributed by atoms with Crippen LogP contribution in [0.2, 0.25) is 0 Å². The van der Waals surface area contributed by atoms with Gasteiger partial charge in [-0.25, -0.2) is 0 Å². The third kappa shape index (κ3) is 3.13. The van der Waals surface area contributed by atoms with Gasteiger partial charge in [0.25, 0.3) is 0 Å². The molecule has 0 amide bonds. The summed E-state index contributed by atoms with van der Waals surface area (Å²) in [6.07, 6.45) is -3.16. The van der Waals surface area contributed by atoms with Gasteiger partial charge in [0.05, 0.1) is 6.20 Å². The number of ether oxygens (including phenoxy) is 1. The summed E-state index contributed by atoms with van der Waals surface area (Å²) in [5.74, 6) is -0.192. The molecule has 1 heterocycles. The third-order valence-electron chi connectivity index (χ3n) is 0.862. The van der Waals surface area contributed by atoms with Crippen LogP contribution < -0.4 is 4.74 Å². The Morgan fingerprint density at radius 3 is 2.67 bits per heavy atom. The highest BCUT2D eigenvalue weighted by atomic mass is 19.4. The molecule has 0 saturated carbocycles. The van der Waals surface area contributed by atoms with Crippen LogP contribution in [0.25, 0.3) is 0 Å². The fraction of sp³-hybridized carbons (Fsp3) is 0.400. The van der Waals surface area contributed by atoms with E-state index < -0.39 is 12.8 Å². The molecule has 1 aromatic heterocycles. The topological polar surface area (TPSA) is 47.9 Å². The average Bonchev–Trinajstić information content (AvgIpc) is 2.02. The van der Waals surface area contributed by atoms with Crippen LogP contribution in [0.4, 0.5) is 13.2 Å². The van der Waals surface area contributed by atoms with Crippen LogP contribution in [-0.4, -0.2) is 28.2 Å². The maximum absolute atomic E-state index is 11.6. The monoisotopic (exact) mass is 179 g/mol. The fourth-order valence-corrected chi connectivity index (χ4v) is 0.463. The lowest BCUT2D eigenvalue weighted by Crippen LogP contribution is -2.19. The summed E-state index contributed by atoms with van der Waals surface area (Å²) in [5.41, 5.74) is 0. The number of aromatic nitrogens is 3. The van der Waals surface area contributed by atoms with E-state index in [0.29, 0.717) is 0 Å². The Labute approximate surface area is 65.4 Å². The van der Waals surface area contributed by atoms with Crippen molar-refractivity contribution in [2.45, 2.75) is 6.18 Å². The van der Waals surface area contributed by atoms with Crippen molar-refractivity contribution in [3.8, 4) is 5.88 Å². The van der Waals surface area contributed by atoms with E-state index in [4.69, 9.17) is 0 Å². The summed E-state index contributed by atoms with van der Waals surface area (Å²) >= 11 is 0. The molecule has 0 aromatic carbocycles. The van der Waals surface area contributed by atoms with Crippen LogP contribution in [0, 0.1) is 0 Å². The maximum atomic E-state index is 11.6. The average molecular weight is 179 g/mol. The first kappa shape index (κ1) is 8.69. The molecule has 0 aliphatic heterocycles. The number of halogens is 3. The Morgan fingerprint density at radius 2 is 2.17 bits per heavy atom. The van der Waals surface area contributed by atoms with Gasteiger partial charge >= 0.3 is 6.18 Å². The minimum Gasteiger partial charge on any atom is -0.467 e. The summed E-state index contributed by atoms with van der Waals surface area (Å²) in [4.78, 5) is 0. The smallest absolute Gasteiger partial charge is 0.422 e. The van der Waals surface area contributed by atoms with Gasteiger partial charge in [-0.15, -0.1) is 5.10 Å². The van der Waals surface area contributed by atoms with E-state index in [0.717, 1.165) is 0 Å². The molecular weight excluding hydrogens is 175 g/mol. The largest absolute Gasteiger partial charge is 0.467 e. The van der Waals surface area contributed by atoms with E-state index in [1.165, 1.54) is 12.3 Å². The SMILES string of the molecule is FC(F)(F)COc1ccnnn1. The Hall–Kier alpha value is -1.40. The highest BCUT2D eigenvalue weighted by Gasteiger charge is 2.28. The summed E-state index contributed by atoms with van der Waals surface area (Å²) in [6.45, 7) is -1.37. The van der Waals surface area contributed by atoms with E-state index in [-0.39, 0.29) is 5.88 Å². The molecule has 0 unspecified atom stereocenters. The molecule has 0 atom stereocenters. The summed E-state index contributed by atoms with van der Waals surface area (Å²) in [6, 6.07) is 1.19. The fourth-order valence-electron chi connectivity index (χ4n) is 0.463. The maximum Gasteiger partial charge on any atom is 0.422 e. The predicted molar refractivity (Wildman–Crippen MR) is 31.4 cm³/mol. The van der Waals surface area contributed by atoms with Gasteiger partial charge in [0.2, 0.25) is 5.88 Å². The molecule has 0 bridgehead atoms. The van der Waals surface area contributed by atoms with Gasteiger partial charge in [-0.05, 0) is 5.21 Å². The predicted octanol–water partition coefficient (Wildman–Crippen LogP) is 0.813. The van der Waals surface area contributed by atoms with Crippen LogP contribution >= 0.6 is 0 Å². The number of hydrogen-bond donors (Lipinski definition) is 0. The van der Waals surface area contributed by atoms with Gasteiger partial charge in [-0.2, -0.15) is 13.2 Å². The Kier molecular flexibility index (Phi) is 2.41. The lowest BCUT2D eigenvalue weighted by atomic mass is 10.6. The first-order valence-electron chi connectivity index (χ1n) is 2.92. The molecule has 0 fully saturated rings. The molecule has 4 nitrogen and oxygen atoms in total. The molecule has 0 aliphatic rings. The second-order valence-corrected chi connectivity index (χ2v) is 1.86. The lowest BCUT2D eigenvalue weighted by molar-refractivity contribution is -0.154. The standard InChI is InChI=1S/C5H4F3N3O/c6-5(7,8)3-12-4-1-2-9-11-10-4/h1-2H,3H2. The third-order valence-corrected chi connectivity index (χ3v) is 0.862. The van der Waals surface area contributed by atoms with Gasteiger partial charge in [0.1, 0.15) is 0 Å². The molecule has 1 rings (SSSR count). The zero-order valence-electron chi connectivity index (χ0n) is 5.75. The summed E-state index contributed by atoms with van der Waals surface area (Å²) in [7, 11) is 0. The number of nitrogens with zero attached hydrogens (tertiary/aromatic N) is 3. The van der Waals surface area contributed by atoms with E-state index in [1.54, 1.807) is 0 Å². The lowest BCUT2D eigenvalue weighted by Gasteiger charge is -2.06. The van der Waals surface area contributed by atoms with Crippen LogP contribution in [0.3, 0.4) is 0 Å². The number of hydrogen-bond acceptors (Lipinski definition) is 4. The molecule has 0 aliphatic carbocycles. The van der Waals surface area contributed by atoms with Crippen molar-refractivity contribution < 1.29 is 17.9 Å². The molecular formula is C5H4F3N3O.